The van der Waals surface area contributed by atoms with Crippen LogP contribution in [0.15, 0.2) is 31.0 Å². The molecule has 2 rings (SSSR count). The highest BCUT2D eigenvalue weighted by Crippen LogP contribution is 2.16. The number of hydrogen-bond donors (Lipinski definition) is 2. The van der Waals surface area contributed by atoms with Gasteiger partial charge in [-0.15, -0.1) is 0 Å². The van der Waals surface area contributed by atoms with Crippen LogP contribution in [0.25, 0.3) is 0 Å². The number of carbonyl (C=O) groups is 1. The number of rotatable bonds is 5. The van der Waals surface area contributed by atoms with Gasteiger partial charge in [0, 0.05) is 31.2 Å². The molecule has 1 unspecified atom stereocenters. The maximum absolute atomic E-state index is 13.8. The molecule has 0 amide bonds. The van der Waals surface area contributed by atoms with Crippen molar-refractivity contribution in [1.82, 2.24) is 14.5 Å². The predicted molar refractivity (Wildman–Crippen MR) is 66.5 cm³/mol. The second-order valence-corrected chi connectivity index (χ2v) is 4.13. The van der Waals surface area contributed by atoms with Gasteiger partial charge in [0.1, 0.15) is 5.56 Å². The maximum Gasteiger partial charge on any atom is 0.338 e. The molecule has 0 saturated heterocycles. The number of carboxylic acid groups (broad SMARTS) is 1. The third-order valence-corrected chi connectivity index (χ3v) is 2.55. The largest absolute Gasteiger partial charge is 0.478 e. The number of aromatic carboxylic acids is 1. The number of aromatic nitrogens is 3. The quantitative estimate of drug-likeness (QED) is 0.857. The van der Waals surface area contributed by atoms with Crippen LogP contribution in [0.4, 0.5) is 10.2 Å². The molecule has 19 heavy (non-hydrogen) atoms. The van der Waals surface area contributed by atoms with Crippen molar-refractivity contribution in [1.29, 1.82) is 0 Å². The second kappa shape index (κ2) is 5.47. The number of nitrogens with one attached hydrogen (secondary N) is 1. The third kappa shape index (κ3) is 3.06. The van der Waals surface area contributed by atoms with Crippen molar-refractivity contribution in [2.24, 2.45) is 0 Å². The normalized spacial score (nSPS) is 12.1. The zero-order valence-corrected chi connectivity index (χ0v) is 10.2. The second-order valence-electron chi connectivity index (χ2n) is 4.13. The highest BCUT2D eigenvalue weighted by molar-refractivity contribution is 5.88. The molecule has 2 aromatic rings. The number of anilines is 1. The minimum absolute atomic E-state index is 0.0625. The number of hydrogen-bond acceptors (Lipinski definition) is 4. The fourth-order valence-corrected chi connectivity index (χ4v) is 1.70. The molecule has 0 aliphatic carbocycles. The maximum atomic E-state index is 13.8. The van der Waals surface area contributed by atoms with E-state index < -0.39 is 17.3 Å². The van der Waals surface area contributed by atoms with Gasteiger partial charge in [-0.2, -0.15) is 0 Å². The lowest BCUT2D eigenvalue weighted by atomic mass is 10.2. The highest BCUT2D eigenvalue weighted by Gasteiger charge is 2.16. The van der Waals surface area contributed by atoms with Gasteiger partial charge in [0.25, 0.3) is 0 Å². The topological polar surface area (TPSA) is 80.0 Å². The van der Waals surface area contributed by atoms with E-state index in [1.54, 1.807) is 18.7 Å². The lowest BCUT2D eigenvalue weighted by Crippen LogP contribution is -2.23. The average molecular weight is 264 g/mol. The van der Waals surface area contributed by atoms with Gasteiger partial charge in [-0.3, -0.25) is 0 Å². The molecule has 0 aliphatic heterocycles. The molecule has 100 valence electrons. The van der Waals surface area contributed by atoms with Crippen LogP contribution in [0.1, 0.15) is 17.3 Å². The van der Waals surface area contributed by atoms with Crippen molar-refractivity contribution in [3.05, 3.63) is 42.4 Å². The van der Waals surface area contributed by atoms with Crippen LogP contribution in [0, 0.1) is 5.82 Å². The van der Waals surface area contributed by atoms with Crippen molar-refractivity contribution >= 4 is 11.8 Å². The van der Waals surface area contributed by atoms with E-state index in [9.17, 15) is 9.18 Å². The molecule has 2 N–H and O–H groups in total. The van der Waals surface area contributed by atoms with E-state index in [4.69, 9.17) is 5.11 Å². The van der Waals surface area contributed by atoms with Crippen molar-refractivity contribution in [3.63, 3.8) is 0 Å². The van der Waals surface area contributed by atoms with E-state index in [0.717, 1.165) is 6.07 Å². The monoisotopic (exact) mass is 264 g/mol. The van der Waals surface area contributed by atoms with Gasteiger partial charge in [-0.25, -0.2) is 19.2 Å². The summed E-state index contributed by atoms with van der Waals surface area (Å²) in [5.74, 6) is -2.23. The summed E-state index contributed by atoms with van der Waals surface area (Å²) in [6.45, 7) is 2.41. The standard InChI is InChI=1S/C12H13FN4O2/c1-8(6-17-5-4-14-7-17)16-11-10(13)9(12(18)19)2-3-15-11/h2-5,7-8H,6H2,1H3,(H,15,16)(H,18,19). The lowest BCUT2D eigenvalue weighted by molar-refractivity contribution is 0.0692. The molecule has 0 bridgehead atoms. The third-order valence-electron chi connectivity index (χ3n) is 2.55. The SMILES string of the molecule is CC(Cn1ccnc1)Nc1nccc(C(=O)O)c1F. The molecular weight excluding hydrogens is 251 g/mol. The van der Waals surface area contributed by atoms with Crippen molar-refractivity contribution in [2.45, 2.75) is 19.5 Å². The van der Waals surface area contributed by atoms with Crippen LogP contribution in [0.5, 0.6) is 0 Å². The Labute approximate surface area is 108 Å². The lowest BCUT2D eigenvalue weighted by Gasteiger charge is -2.15. The summed E-state index contributed by atoms with van der Waals surface area (Å²) >= 11 is 0. The molecule has 0 aliphatic rings. The summed E-state index contributed by atoms with van der Waals surface area (Å²) in [7, 11) is 0. The first-order chi connectivity index (χ1) is 9.08. The Bertz CT molecular complexity index is 571. The molecule has 0 aromatic carbocycles. The summed E-state index contributed by atoms with van der Waals surface area (Å²) in [6, 6.07) is 1.00. The first-order valence-electron chi connectivity index (χ1n) is 5.68. The predicted octanol–water partition coefficient (Wildman–Crippen LogP) is 1.62. The Kier molecular flexibility index (Phi) is 3.74. The molecule has 0 radical (unpaired) electrons. The zero-order chi connectivity index (χ0) is 13.8. The fourth-order valence-electron chi connectivity index (χ4n) is 1.70. The minimum atomic E-state index is -1.31. The minimum Gasteiger partial charge on any atom is -0.478 e. The van der Waals surface area contributed by atoms with Gasteiger partial charge in [0.05, 0.1) is 6.33 Å². The number of carboxylic acids is 1. The molecule has 0 saturated carbocycles. The van der Waals surface area contributed by atoms with E-state index in [1.807, 2.05) is 11.5 Å². The van der Waals surface area contributed by atoms with Crippen LogP contribution in [-0.4, -0.2) is 31.7 Å². The van der Waals surface area contributed by atoms with Crippen molar-refractivity contribution in [2.75, 3.05) is 5.32 Å². The molecule has 1 atom stereocenters. The fraction of sp³-hybridized carbons (Fsp3) is 0.250. The number of pyridine rings is 1. The van der Waals surface area contributed by atoms with Crippen molar-refractivity contribution in [3.8, 4) is 0 Å². The molecule has 2 aromatic heterocycles. The van der Waals surface area contributed by atoms with Crippen molar-refractivity contribution < 1.29 is 14.3 Å². The van der Waals surface area contributed by atoms with Crippen LogP contribution < -0.4 is 5.32 Å². The Morgan fingerprint density at radius 3 is 3.00 bits per heavy atom. The Morgan fingerprint density at radius 1 is 1.58 bits per heavy atom. The summed E-state index contributed by atoms with van der Waals surface area (Å²) in [5, 5.41) is 11.7. The Hall–Kier alpha value is -2.44. The number of halogens is 1. The molecule has 0 fully saturated rings. The van der Waals surface area contributed by atoms with E-state index >= 15 is 0 Å². The van der Waals surface area contributed by atoms with Gasteiger partial charge < -0.3 is 15.0 Å². The van der Waals surface area contributed by atoms with Gasteiger partial charge >= 0.3 is 5.97 Å². The molecule has 7 heteroatoms. The summed E-state index contributed by atoms with van der Waals surface area (Å²) in [6.07, 6.45) is 6.35. The number of nitrogens with zero attached hydrogens (tertiary/aromatic N) is 3. The smallest absolute Gasteiger partial charge is 0.338 e. The Morgan fingerprint density at radius 2 is 2.37 bits per heavy atom. The van der Waals surface area contributed by atoms with Gasteiger partial charge in [-0.1, -0.05) is 0 Å². The van der Waals surface area contributed by atoms with Crippen LogP contribution >= 0.6 is 0 Å². The molecule has 2 heterocycles. The van der Waals surface area contributed by atoms with E-state index in [1.165, 1.54) is 6.20 Å². The molecular formula is C12H13FN4O2. The van der Waals surface area contributed by atoms with E-state index in [2.05, 4.69) is 15.3 Å². The van der Waals surface area contributed by atoms with E-state index in [0.29, 0.717) is 6.54 Å². The Balaban J connectivity index is 2.10. The van der Waals surface area contributed by atoms with Crippen LogP contribution in [0.2, 0.25) is 0 Å². The zero-order valence-electron chi connectivity index (χ0n) is 10.2. The molecule has 6 nitrogen and oxygen atoms in total. The van der Waals surface area contributed by atoms with E-state index in [-0.39, 0.29) is 11.9 Å². The van der Waals surface area contributed by atoms with Crippen LogP contribution in [-0.2, 0) is 6.54 Å². The van der Waals surface area contributed by atoms with Gasteiger partial charge in [0.15, 0.2) is 11.6 Å². The highest BCUT2D eigenvalue weighted by atomic mass is 19.1. The first-order valence-corrected chi connectivity index (χ1v) is 5.68. The summed E-state index contributed by atoms with van der Waals surface area (Å²) in [4.78, 5) is 18.5. The average Bonchev–Trinajstić information content (AvgIpc) is 2.84. The van der Waals surface area contributed by atoms with Gasteiger partial charge in [-0.05, 0) is 13.0 Å². The van der Waals surface area contributed by atoms with Gasteiger partial charge in [0.2, 0.25) is 0 Å². The number of imidazole rings is 1. The summed E-state index contributed by atoms with van der Waals surface area (Å²) < 4.78 is 15.7. The first kappa shape index (κ1) is 13.0. The van der Waals surface area contributed by atoms with Crippen LogP contribution in [0.3, 0.4) is 0 Å². The molecule has 0 spiro atoms. The summed E-state index contributed by atoms with van der Waals surface area (Å²) in [5.41, 5.74) is -0.396.